The van der Waals surface area contributed by atoms with E-state index in [1.165, 1.54) is 5.56 Å². The van der Waals surface area contributed by atoms with Crippen LogP contribution in [0.1, 0.15) is 31.7 Å². The van der Waals surface area contributed by atoms with Crippen LogP contribution < -0.4 is 29.6 Å². The first-order valence-electron chi connectivity index (χ1n) is 10.5. The van der Waals surface area contributed by atoms with Crippen LogP contribution in [0.2, 0.25) is 0 Å². The average Bonchev–Trinajstić information content (AvgIpc) is 3.45. The summed E-state index contributed by atoms with van der Waals surface area (Å²) in [6.45, 7) is 5.02. The van der Waals surface area contributed by atoms with Crippen LogP contribution in [0.4, 0.5) is 0 Å². The summed E-state index contributed by atoms with van der Waals surface area (Å²) in [5, 5.41) is 14.5. The Bertz CT molecular complexity index is 1330. The molecule has 0 amide bonds. The number of aryl methyl sites for hydroxylation is 2. The monoisotopic (exact) mass is 433 g/mol. The normalized spacial score (nSPS) is 10.9. The number of nitrogens with zero attached hydrogens (tertiary/aromatic N) is 6. The molecule has 5 rings (SSSR count). The number of H-pyrrole nitrogens is 1. The SMILES string of the molecule is CCCc1nc2c(C)ccnc2n1Cc1ccc(-c2ccccc2-c2nn[nH]n2)cc1.[H-].[Na+]. The van der Waals surface area contributed by atoms with E-state index in [0.717, 1.165) is 58.6 Å². The third-order valence-electron chi connectivity index (χ3n) is 5.51. The van der Waals surface area contributed by atoms with Crippen molar-refractivity contribution in [3.05, 3.63) is 77.7 Å². The van der Waals surface area contributed by atoms with Crippen LogP contribution in [0.3, 0.4) is 0 Å². The average molecular weight is 433 g/mol. The van der Waals surface area contributed by atoms with Crippen molar-refractivity contribution in [3.8, 4) is 22.5 Å². The van der Waals surface area contributed by atoms with Gasteiger partial charge in [0, 0.05) is 18.2 Å². The van der Waals surface area contributed by atoms with Crippen molar-refractivity contribution in [2.24, 2.45) is 0 Å². The van der Waals surface area contributed by atoms with Gasteiger partial charge in [-0.05, 0) is 46.9 Å². The molecular weight excluding hydrogens is 409 g/mol. The summed E-state index contributed by atoms with van der Waals surface area (Å²) in [6.07, 6.45) is 3.85. The van der Waals surface area contributed by atoms with Gasteiger partial charge in [-0.25, -0.2) is 9.97 Å². The third-order valence-corrected chi connectivity index (χ3v) is 5.51. The Hall–Kier alpha value is -2.87. The Morgan fingerprint density at radius 1 is 1.00 bits per heavy atom. The number of pyridine rings is 1. The zero-order chi connectivity index (χ0) is 21.2. The predicted molar refractivity (Wildman–Crippen MR) is 122 cm³/mol. The van der Waals surface area contributed by atoms with E-state index in [4.69, 9.17) is 4.98 Å². The third kappa shape index (κ3) is 4.24. The van der Waals surface area contributed by atoms with Crippen LogP contribution in [-0.2, 0) is 13.0 Å². The molecule has 0 spiro atoms. The molecular formula is C24H24N7Na. The maximum atomic E-state index is 4.88. The number of aromatic nitrogens is 7. The molecule has 0 aliphatic carbocycles. The van der Waals surface area contributed by atoms with Crippen LogP contribution in [0.5, 0.6) is 0 Å². The minimum atomic E-state index is 0. The minimum absolute atomic E-state index is 0. The van der Waals surface area contributed by atoms with Gasteiger partial charge in [-0.15, -0.1) is 10.2 Å². The number of imidazole rings is 1. The molecule has 1 N–H and O–H groups in total. The largest absolute Gasteiger partial charge is 1.00 e. The second-order valence-electron chi connectivity index (χ2n) is 7.64. The molecule has 0 bridgehead atoms. The molecule has 7 nitrogen and oxygen atoms in total. The van der Waals surface area contributed by atoms with Gasteiger partial charge in [0.2, 0.25) is 5.82 Å². The molecule has 0 saturated heterocycles. The van der Waals surface area contributed by atoms with Gasteiger partial charge in [0.05, 0.1) is 6.54 Å². The number of tetrazole rings is 1. The number of benzene rings is 2. The van der Waals surface area contributed by atoms with E-state index in [1.807, 2.05) is 30.5 Å². The molecule has 3 heterocycles. The summed E-state index contributed by atoms with van der Waals surface area (Å²) < 4.78 is 2.24. The fraction of sp³-hybridized carbons (Fsp3) is 0.208. The van der Waals surface area contributed by atoms with E-state index in [-0.39, 0.29) is 31.0 Å². The van der Waals surface area contributed by atoms with Gasteiger partial charge >= 0.3 is 29.6 Å². The Balaban J connectivity index is 0.00000153. The Kier molecular flexibility index (Phi) is 6.79. The number of hydrogen-bond acceptors (Lipinski definition) is 5. The molecule has 0 atom stereocenters. The maximum Gasteiger partial charge on any atom is 1.00 e. The fourth-order valence-corrected chi connectivity index (χ4v) is 3.94. The zero-order valence-corrected chi connectivity index (χ0v) is 20.6. The van der Waals surface area contributed by atoms with Gasteiger partial charge in [-0.2, -0.15) is 5.21 Å². The van der Waals surface area contributed by atoms with Crippen molar-refractivity contribution < 1.29 is 31.0 Å². The quantitative estimate of drug-likeness (QED) is 0.412. The van der Waals surface area contributed by atoms with Crippen LogP contribution in [-0.4, -0.2) is 35.2 Å². The second kappa shape index (κ2) is 9.73. The van der Waals surface area contributed by atoms with E-state index < -0.39 is 0 Å². The van der Waals surface area contributed by atoms with E-state index >= 15 is 0 Å². The fourth-order valence-electron chi connectivity index (χ4n) is 3.94. The van der Waals surface area contributed by atoms with Gasteiger partial charge < -0.3 is 5.99 Å². The maximum absolute atomic E-state index is 4.88. The van der Waals surface area contributed by atoms with Crippen molar-refractivity contribution in [2.45, 2.75) is 33.2 Å². The van der Waals surface area contributed by atoms with Crippen molar-refractivity contribution in [1.82, 2.24) is 35.2 Å². The molecule has 0 unspecified atom stereocenters. The van der Waals surface area contributed by atoms with E-state index in [2.05, 4.69) is 74.4 Å². The summed E-state index contributed by atoms with van der Waals surface area (Å²) in [4.78, 5) is 9.51. The molecule has 0 aliphatic heterocycles. The number of hydrogen-bond donors (Lipinski definition) is 1. The molecule has 5 aromatic rings. The van der Waals surface area contributed by atoms with Crippen molar-refractivity contribution in [1.29, 1.82) is 0 Å². The summed E-state index contributed by atoms with van der Waals surface area (Å²) in [7, 11) is 0. The number of aromatic amines is 1. The summed E-state index contributed by atoms with van der Waals surface area (Å²) in [5.41, 5.74) is 7.46. The van der Waals surface area contributed by atoms with Gasteiger partial charge in [-0.1, -0.05) is 55.5 Å². The molecule has 0 saturated carbocycles. The van der Waals surface area contributed by atoms with Crippen molar-refractivity contribution >= 4 is 11.2 Å². The summed E-state index contributed by atoms with van der Waals surface area (Å²) in [5.74, 6) is 1.68. The van der Waals surface area contributed by atoms with E-state index in [1.54, 1.807) is 0 Å². The first-order valence-corrected chi connectivity index (χ1v) is 10.5. The van der Waals surface area contributed by atoms with Gasteiger partial charge in [0.1, 0.15) is 11.3 Å². The van der Waals surface area contributed by atoms with Crippen molar-refractivity contribution in [2.75, 3.05) is 0 Å². The van der Waals surface area contributed by atoms with Gasteiger partial charge in [-0.3, -0.25) is 0 Å². The first kappa shape index (κ1) is 22.3. The number of fused-ring (bicyclic) bond motifs is 1. The Morgan fingerprint density at radius 2 is 1.78 bits per heavy atom. The van der Waals surface area contributed by atoms with Crippen LogP contribution in [0.25, 0.3) is 33.7 Å². The van der Waals surface area contributed by atoms with Crippen molar-refractivity contribution in [3.63, 3.8) is 0 Å². The predicted octanol–water partition coefficient (Wildman–Crippen LogP) is 1.70. The van der Waals surface area contributed by atoms with E-state index in [9.17, 15) is 0 Å². The van der Waals surface area contributed by atoms with Gasteiger partial charge in [0.25, 0.3) is 0 Å². The summed E-state index contributed by atoms with van der Waals surface area (Å²) in [6, 6.07) is 18.7. The topological polar surface area (TPSA) is 85.2 Å². The molecule has 8 heteroatoms. The molecule has 32 heavy (non-hydrogen) atoms. The number of rotatable bonds is 6. The first-order chi connectivity index (χ1) is 15.2. The van der Waals surface area contributed by atoms with Gasteiger partial charge in [0.15, 0.2) is 5.65 Å². The molecule has 0 fully saturated rings. The standard InChI is InChI=1S/C24H23N7.Na.H/c1-3-6-21-26-22-16(2)13-14-25-24(22)31(21)15-17-9-11-18(12-10-17)19-7-4-5-8-20(19)23-27-29-30-28-23;;/h4-5,7-14H,3,6,15H2,1-2H3,(H,27,28,29,30);;/q;+1;-1. The van der Waals surface area contributed by atoms with Crippen LogP contribution in [0.15, 0.2) is 60.8 Å². The Morgan fingerprint density at radius 3 is 2.50 bits per heavy atom. The van der Waals surface area contributed by atoms with Crippen LogP contribution >= 0.6 is 0 Å². The molecule has 3 aromatic heterocycles. The minimum Gasteiger partial charge on any atom is -1.00 e. The van der Waals surface area contributed by atoms with E-state index in [0.29, 0.717) is 5.82 Å². The second-order valence-corrected chi connectivity index (χ2v) is 7.64. The number of nitrogens with one attached hydrogen (secondary N) is 1. The molecule has 2 aromatic carbocycles. The molecule has 0 radical (unpaired) electrons. The summed E-state index contributed by atoms with van der Waals surface area (Å²) >= 11 is 0. The Labute approximate surface area is 210 Å². The van der Waals surface area contributed by atoms with Crippen LogP contribution in [0, 0.1) is 6.92 Å². The molecule has 156 valence electrons. The molecule has 0 aliphatic rings. The zero-order valence-electron chi connectivity index (χ0n) is 19.6. The smallest absolute Gasteiger partial charge is 1.00 e.